The van der Waals surface area contributed by atoms with Gasteiger partial charge in [-0.3, -0.25) is 4.57 Å². The summed E-state index contributed by atoms with van der Waals surface area (Å²) < 4.78 is 36.2. The molecule has 0 aliphatic carbocycles. The molecule has 0 radical (unpaired) electrons. The van der Waals surface area contributed by atoms with Crippen LogP contribution in [0.2, 0.25) is 0 Å². The van der Waals surface area contributed by atoms with Crippen molar-refractivity contribution in [3.8, 4) is 0 Å². The van der Waals surface area contributed by atoms with Gasteiger partial charge in [-0.15, -0.1) is 0 Å². The lowest BCUT2D eigenvalue weighted by atomic mass is 10.4. The van der Waals surface area contributed by atoms with E-state index in [-0.39, 0.29) is 4.90 Å². The van der Waals surface area contributed by atoms with Crippen molar-refractivity contribution in [2.45, 2.75) is 11.8 Å². The normalized spacial score (nSPS) is 12.4. The van der Waals surface area contributed by atoms with Gasteiger partial charge in [0, 0.05) is 0 Å². The Labute approximate surface area is 95.1 Å². The van der Waals surface area contributed by atoms with E-state index in [0.717, 1.165) is 6.54 Å². The number of rotatable bonds is 3. The molecule has 8 heteroatoms. The molecule has 0 spiro atoms. The van der Waals surface area contributed by atoms with E-state index < -0.39 is 18.4 Å². The Morgan fingerprint density at radius 3 is 2.19 bits per heavy atom. The topological polar surface area (TPSA) is 107 Å². The van der Waals surface area contributed by atoms with E-state index in [1.165, 1.54) is 24.3 Å². The molecule has 0 amide bonds. The number of hydrogen-bond acceptors (Lipinski definition) is 5. The lowest BCUT2D eigenvalue weighted by Crippen LogP contribution is -2.00. The highest BCUT2D eigenvalue weighted by molar-refractivity contribution is 7.89. The van der Waals surface area contributed by atoms with Crippen LogP contribution in [-0.4, -0.2) is 19.9 Å². The lowest BCUT2D eigenvalue weighted by Gasteiger charge is -2.00. The Balaban J connectivity index is 0.000000673. The fraction of sp³-hybridized carbons (Fsp3) is 0.250. The van der Waals surface area contributed by atoms with Crippen molar-refractivity contribution in [3.63, 3.8) is 0 Å². The van der Waals surface area contributed by atoms with Gasteiger partial charge in [0.2, 0.25) is 0 Å². The smallest absolute Gasteiger partial charge is 0.331 e. The zero-order chi connectivity index (χ0) is 12.6. The Hall–Kier alpha value is -0.720. The molecule has 0 bridgehead atoms. The molecule has 0 aliphatic rings. The second-order valence-corrected chi connectivity index (χ2v) is 5.10. The first-order valence-electron chi connectivity index (χ1n) is 4.36. The highest BCUT2D eigenvalue weighted by Crippen LogP contribution is 2.24. The SMILES string of the molecule is CCN.O=[PH](O)OS(=O)(=O)c1ccccc1. The van der Waals surface area contributed by atoms with E-state index in [2.05, 4.69) is 3.97 Å². The van der Waals surface area contributed by atoms with Crippen molar-refractivity contribution < 1.29 is 21.8 Å². The molecular weight excluding hydrogens is 253 g/mol. The van der Waals surface area contributed by atoms with Crippen molar-refractivity contribution in [3.05, 3.63) is 30.3 Å². The van der Waals surface area contributed by atoms with Crippen LogP contribution in [0.3, 0.4) is 0 Å². The third-order valence-electron chi connectivity index (χ3n) is 1.21. The lowest BCUT2D eigenvalue weighted by molar-refractivity contribution is 0.404. The predicted octanol–water partition coefficient (Wildman–Crippen LogP) is 0.739. The minimum Gasteiger partial charge on any atom is -0.331 e. The molecule has 0 heterocycles. The predicted molar refractivity (Wildman–Crippen MR) is 60.7 cm³/mol. The Morgan fingerprint density at radius 1 is 1.38 bits per heavy atom. The zero-order valence-corrected chi connectivity index (χ0v) is 10.5. The van der Waals surface area contributed by atoms with Crippen molar-refractivity contribution >= 4 is 18.4 Å². The first kappa shape index (κ1) is 15.3. The third kappa shape index (κ3) is 5.99. The molecule has 1 unspecified atom stereocenters. The fourth-order valence-electron chi connectivity index (χ4n) is 0.729. The van der Waals surface area contributed by atoms with E-state index in [4.69, 9.17) is 10.6 Å². The van der Waals surface area contributed by atoms with Crippen LogP contribution >= 0.6 is 8.25 Å². The van der Waals surface area contributed by atoms with Gasteiger partial charge >= 0.3 is 18.4 Å². The van der Waals surface area contributed by atoms with Gasteiger partial charge < -0.3 is 10.6 Å². The molecule has 0 saturated heterocycles. The summed E-state index contributed by atoms with van der Waals surface area (Å²) in [4.78, 5) is 8.16. The van der Waals surface area contributed by atoms with Crippen LogP contribution in [0.5, 0.6) is 0 Å². The van der Waals surface area contributed by atoms with Gasteiger partial charge in [-0.05, 0) is 18.7 Å². The van der Waals surface area contributed by atoms with Gasteiger partial charge in [0.25, 0.3) is 0 Å². The average Bonchev–Trinajstić information content (AvgIpc) is 2.18. The van der Waals surface area contributed by atoms with Crippen molar-refractivity contribution in [2.75, 3.05) is 6.54 Å². The van der Waals surface area contributed by atoms with Crippen LogP contribution in [0.25, 0.3) is 0 Å². The molecule has 16 heavy (non-hydrogen) atoms. The maximum absolute atomic E-state index is 11.1. The van der Waals surface area contributed by atoms with E-state index in [9.17, 15) is 13.0 Å². The van der Waals surface area contributed by atoms with Gasteiger partial charge in [0.05, 0.1) is 4.90 Å². The number of nitrogens with two attached hydrogens (primary N) is 1. The molecule has 1 aromatic carbocycles. The molecule has 0 fully saturated rings. The summed E-state index contributed by atoms with van der Waals surface area (Å²) in [5, 5.41) is 0. The van der Waals surface area contributed by atoms with E-state index in [1.807, 2.05) is 6.92 Å². The summed E-state index contributed by atoms with van der Waals surface area (Å²) in [6, 6.07) is 7.16. The summed E-state index contributed by atoms with van der Waals surface area (Å²) in [5.74, 6) is 0. The van der Waals surface area contributed by atoms with Crippen LogP contribution in [0, 0.1) is 0 Å². The molecule has 1 atom stereocenters. The van der Waals surface area contributed by atoms with Crippen molar-refractivity contribution in [1.29, 1.82) is 0 Å². The molecule has 0 saturated carbocycles. The van der Waals surface area contributed by atoms with Crippen LogP contribution in [0.1, 0.15) is 6.92 Å². The van der Waals surface area contributed by atoms with E-state index in [1.54, 1.807) is 6.07 Å². The molecule has 3 N–H and O–H groups in total. The molecule has 1 rings (SSSR count). The van der Waals surface area contributed by atoms with E-state index >= 15 is 0 Å². The zero-order valence-electron chi connectivity index (χ0n) is 8.66. The largest absolute Gasteiger partial charge is 0.331 e. The minimum atomic E-state index is -4.08. The van der Waals surface area contributed by atoms with Gasteiger partial charge in [0.15, 0.2) is 0 Å². The van der Waals surface area contributed by atoms with E-state index in [0.29, 0.717) is 0 Å². The van der Waals surface area contributed by atoms with Crippen LogP contribution in [0.4, 0.5) is 0 Å². The molecule has 6 nitrogen and oxygen atoms in total. The maximum atomic E-state index is 11.1. The monoisotopic (exact) mass is 267 g/mol. The number of hydrogen-bond donors (Lipinski definition) is 2. The maximum Gasteiger partial charge on any atom is 0.331 e. The first-order chi connectivity index (χ1) is 7.44. The first-order valence-corrected chi connectivity index (χ1v) is 7.03. The summed E-state index contributed by atoms with van der Waals surface area (Å²) >= 11 is 0. The second kappa shape index (κ2) is 7.54. The quantitative estimate of drug-likeness (QED) is 0.782. The average molecular weight is 267 g/mol. The van der Waals surface area contributed by atoms with Crippen molar-refractivity contribution in [2.24, 2.45) is 5.73 Å². The summed E-state index contributed by atoms with van der Waals surface area (Å²) in [5.41, 5.74) is 4.85. The van der Waals surface area contributed by atoms with Gasteiger partial charge in [0.1, 0.15) is 0 Å². The molecular formula is C8H14NO5PS. The van der Waals surface area contributed by atoms with Crippen LogP contribution in [-0.2, 0) is 18.7 Å². The molecule has 0 aromatic heterocycles. The minimum absolute atomic E-state index is 0.137. The third-order valence-corrected chi connectivity index (χ3v) is 3.51. The second-order valence-electron chi connectivity index (χ2n) is 2.52. The molecule has 0 aliphatic heterocycles. The standard InChI is InChI=1S/C6H7O5PS.C2H7N/c7-12(8)11-13(9,10)6-4-2-1-3-5-6;1-2-3/h1-5,12H,(H,7,8);2-3H2,1H3. The summed E-state index contributed by atoms with van der Waals surface area (Å²) in [6.07, 6.45) is 0. The van der Waals surface area contributed by atoms with Gasteiger partial charge in [-0.25, -0.2) is 0 Å². The van der Waals surface area contributed by atoms with Gasteiger partial charge in [-0.2, -0.15) is 12.4 Å². The van der Waals surface area contributed by atoms with Crippen molar-refractivity contribution in [1.82, 2.24) is 0 Å². The Morgan fingerprint density at radius 2 is 1.81 bits per heavy atom. The Kier molecular flexibility index (Phi) is 7.20. The van der Waals surface area contributed by atoms with Crippen LogP contribution in [0.15, 0.2) is 35.2 Å². The highest BCUT2D eigenvalue weighted by Gasteiger charge is 2.16. The molecule has 1 aromatic rings. The fourth-order valence-corrected chi connectivity index (χ4v) is 2.36. The highest BCUT2D eigenvalue weighted by atomic mass is 32.2. The Bertz CT molecular complexity index is 419. The number of benzene rings is 1. The molecule has 92 valence electrons. The van der Waals surface area contributed by atoms with Crippen LogP contribution < -0.4 is 5.73 Å². The summed E-state index contributed by atoms with van der Waals surface area (Å²) in [7, 11) is -7.55. The van der Waals surface area contributed by atoms with Gasteiger partial charge in [-0.1, -0.05) is 25.1 Å². The summed E-state index contributed by atoms with van der Waals surface area (Å²) in [6.45, 7) is 2.65.